The Morgan fingerprint density at radius 3 is 2.00 bits per heavy atom. The van der Waals surface area contributed by atoms with Crippen molar-refractivity contribution in [1.29, 1.82) is 0 Å². The highest BCUT2D eigenvalue weighted by atomic mass is 16.4. The smallest absolute Gasteiger partial charge is 0.311 e. The number of aliphatic carboxylic acids is 1. The molecule has 1 rings (SSSR count). The molecule has 1 aliphatic rings. The Kier molecular flexibility index (Phi) is 7.76. The molecule has 122 valence electrons. The summed E-state index contributed by atoms with van der Waals surface area (Å²) in [5.74, 6) is -0.660. The number of carboxylic acid groups (broad SMARTS) is 1. The van der Waals surface area contributed by atoms with Crippen LogP contribution in [0.4, 0.5) is 0 Å². The summed E-state index contributed by atoms with van der Waals surface area (Å²) < 4.78 is 0. The number of nitrogens with one attached hydrogen (secondary N) is 1. The van der Waals surface area contributed by atoms with E-state index < -0.39 is 11.4 Å². The second-order valence-electron chi connectivity index (χ2n) is 6.49. The van der Waals surface area contributed by atoms with Crippen molar-refractivity contribution in [3.63, 3.8) is 0 Å². The van der Waals surface area contributed by atoms with Crippen molar-refractivity contribution >= 4 is 11.9 Å². The average molecular weight is 297 g/mol. The maximum Gasteiger partial charge on any atom is 0.311 e. The average Bonchev–Trinajstić information content (AvgIpc) is 2.71. The first-order chi connectivity index (χ1) is 10.1. The highest BCUT2D eigenvalue weighted by Crippen LogP contribution is 2.35. The molecular formula is C17H31NO3. The zero-order valence-corrected chi connectivity index (χ0v) is 13.6. The lowest BCUT2D eigenvalue weighted by atomic mass is 9.80. The van der Waals surface area contributed by atoms with E-state index in [9.17, 15) is 14.7 Å². The molecule has 21 heavy (non-hydrogen) atoms. The fourth-order valence-corrected chi connectivity index (χ4v) is 3.38. The van der Waals surface area contributed by atoms with Crippen molar-refractivity contribution in [3.05, 3.63) is 0 Å². The van der Waals surface area contributed by atoms with Gasteiger partial charge in [0.25, 0.3) is 0 Å². The summed E-state index contributed by atoms with van der Waals surface area (Å²) in [4.78, 5) is 24.0. The molecule has 2 N–H and O–H groups in total. The summed E-state index contributed by atoms with van der Waals surface area (Å²) in [6.45, 7) is 4.46. The van der Waals surface area contributed by atoms with Gasteiger partial charge in [-0.25, -0.2) is 0 Å². The molecule has 1 saturated carbocycles. The fourth-order valence-electron chi connectivity index (χ4n) is 3.38. The molecule has 0 aromatic rings. The first kappa shape index (κ1) is 18.0. The Hall–Kier alpha value is -1.06. The van der Waals surface area contributed by atoms with Gasteiger partial charge in [0.15, 0.2) is 0 Å². The molecule has 0 bridgehead atoms. The van der Waals surface area contributed by atoms with Crippen LogP contribution in [-0.2, 0) is 9.59 Å². The van der Waals surface area contributed by atoms with Gasteiger partial charge in [0, 0.05) is 12.5 Å². The first-order valence-electron chi connectivity index (χ1n) is 8.57. The third-order valence-corrected chi connectivity index (χ3v) is 4.76. The van der Waals surface area contributed by atoms with E-state index in [1.54, 1.807) is 0 Å². The van der Waals surface area contributed by atoms with Gasteiger partial charge in [-0.05, 0) is 25.7 Å². The van der Waals surface area contributed by atoms with Gasteiger partial charge in [0.1, 0.15) is 0 Å². The number of carboxylic acids is 1. The lowest BCUT2D eigenvalue weighted by Crippen LogP contribution is -2.44. The van der Waals surface area contributed by atoms with Gasteiger partial charge in [0.05, 0.1) is 5.41 Å². The normalized spacial score (nSPS) is 18.2. The summed E-state index contributed by atoms with van der Waals surface area (Å²) >= 11 is 0. The van der Waals surface area contributed by atoms with E-state index in [0.717, 1.165) is 51.4 Å². The topological polar surface area (TPSA) is 66.4 Å². The largest absolute Gasteiger partial charge is 0.481 e. The van der Waals surface area contributed by atoms with Crippen LogP contribution in [0.3, 0.4) is 0 Å². The van der Waals surface area contributed by atoms with Crippen LogP contribution in [0.15, 0.2) is 0 Å². The van der Waals surface area contributed by atoms with E-state index in [1.807, 2.05) is 0 Å². The van der Waals surface area contributed by atoms with Crippen LogP contribution < -0.4 is 5.32 Å². The molecular weight excluding hydrogens is 266 g/mol. The van der Waals surface area contributed by atoms with E-state index in [1.165, 1.54) is 0 Å². The predicted molar refractivity (Wildman–Crippen MR) is 84.1 cm³/mol. The van der Waals surface area contributed by atoms with Crippen LogP contribution in [0.2, 0.25) is 0 Å². The summed E-state index contributed by atoms with van der Waals surface area (Å²) in [7, 11) is 0. The lowest BCUT2D eigenvalue weighted by molar-refractivity contribution is -0.150. The van der Waals surface area contributed by atoms with Crippen molar-refractivity contribution in [1.82, 2.24) is 5.32 Å². The highest BCUT2D eigenvalue weighted by molar-refractivity contribution is 5.80. The minimum absolute atomic E-state index is 0.0385. The highest BCUT2D eigenvalue weighted by Gasteiger charge is 2.39. The molecule has 0 saturated heterocycles. The van der Waals surface area contributed by atoms with Crippen LogP contribution in [0.25, 0.3) is 0 Å². The molecule has 0 radical (unpaired) electrons. The Morgan fingerprint density at radius 1 is 1.05 bits per heavy atom. The molecule has 1 fully saturated rings. The van der Waals surface area contributed by atoms with Crippen LogP contribution in [0.1, 0.15) is 78.1 Å². The van der Waals surface area contributed by atoms with E-state index in [4.69, 9.17) is 0 Å². The molecule has 4 heteroatoms. The third-order valence-electron chi connectivity index (χ3n) is 4.76. The van der Waals surface area contributed by atoms with Crippen molar-refractivity contribution in [2.45, 2.75) is 78.1 Å². The monoisotopic (exact) mass is 297 g/mol. The third kappa shape index (κ3) is 5.33. The molecule has 0 aliphatic heterocycles. The molecule has 0 unspecified atom stereocenters. The minimum Gasteiger partial charge on any atom is -0.481 e. The van der Waals surface area contributed by atoms with Crippen molar-refractivity contribution in [2.75, 3.05) is 6.54 Å². The molecule has 0 aromatic heterocycles. The van der Waals surface area contributed by atoms with Crippen LogP contribution in [-0.4, -0.2) is 23.5 Å². The minimum atomic E-state index is -0.743. The van der Waals surface area contributed by atoms with Crippen molar-refractivity contribution in [2.24, 2.45) is 11.3 Å². The predicted octanol–water partition coefficient (Wildman–Crippen LogP) is 3.74. The summed E-state index contributed by atoms with van der Waals surface area (Å²) in [5.41, 5.74) is -0.741. The second-order valence-corrected chi connectivity index (χ2v) is 6.49. The van der Waals surface area contributed by atoms with Gasteiger partial charge >= 0.3 is 5.97 Å². The van der Waals surface area contributed by atoms with Crippen LogP contribution in [0.5, 0.6) is 0 Å². The van der Waals surface area contributed by atoms with Gasteiger partial charge in [0.2, 0.25) is 5.91 Å². The van der Waals surface area contributed by atoms with Crippen LogP contribution >= 0.6 is 0 Å². The number of amides is 1. The summed E-state index contributed by atoms with van der Waals surface area (Å²) in [5, 5.41) is 12.6. The Bertz CT molecular complexity index is 327. The number of carbonyl (C=O) groups is 2. The molecule has 1 aliphatic carbocycles. The van der Waals surface area contributed by atoms with E-state index in [0.29, 0.717) is 19.4 Å². The SMILES string of the molecule is CCCC(CCC)C(=O)NCC1(C(=O)O)CCCCCC1. The number of carbonyl (C=O) groups excluding carboxylic acids is 1. The maximum absolute atomic E-state index is 12.3. The Morgan fingerprint density at radius 2 is 1.57 bits per heavy atom. The molecule has 0 spiro atoms. The Balaban J connectivity index is 2.63. The van der Waals surface area contributed by atoms with Gasteiger partial charge in [-0.15, -0.1) is 0 Å². The first-order valence-corrected chi connectivity index (χ1v) is 8.57. The molecule has 1 amide bonds. The molecule has 0 atom stereocenters. The van der Waals surface area contributed by atoms with E-state index >= 15 is 0 Å². The van der Waals surface area contributed by atoms with Crippen LogP contribution in [0, 0.1) is 11.3 Å². The zero-order valence-electron chi connectivity index (χ0n) is 13.6. The van der Waals surface area contributed by atoms with Gasteiger partial charge in [-0.1, -0.05) is 52.4 Å². The number of rotatable bonds is 8. The molecule has 4 nitrogen and oxygen atoms in total. The van der Waals surface area contributed by atoms with Gasteiger partial charge in [-0.2, -0.15) is 0 Å². The van der Waals surface area contributed by atoms with E-state index in [2.05, 4.69) is 19.2 Å². The van der Waals surface area contributed by atoms with Crippen molar-refractivity contribution in [3.8, 4) is 0 Å². The molecule has 0 heterocycles. The summed E-state index contributed by atoms with van der Waals surface area (Å²) in [6.07, 6.45) is 9.26. The standard InChI is InChI=1S/C17H31NO3/c1-3-9-14(10-4-2)15(19)18-13-17(16(20)21)11-7-5-6-8-12-17/h14H,3-13H2,1-2H3,(H,18,19)(H,20,21). The second kappa shape index (κ2) is 9.06. The van der Waals surface area contributed by atoms with Gasteiger partial charge in [-0.3, -0.25) is 9.59 Å². The zero-order chi connectivity index (χ0) is 15.7. The Labute approximate surface area is 128 Å². The molecule has 0 aromatic carbocycles. The quantitative estimate of drug-likeness (QED) is 0.671. The van der Waals surface area contributed by atoms with Crippen molar-refractivity contribution < 1.29 is 14.7 Å². The van der Waals surface area contributed by atoms with Gasteiger partial charge < -0.3 is 10.4 Å². The number of hydrogen-bond acceptors (Lipinski definition) is 2. The van der Waals surface area contributed by atoms with E-state index in [-0.39, 0.29) is 11.8 Å². The number of hydrogen-bond donors (Lipinski definition) is 2. The fraction of sp³-hybridized carbons (Fsp3) is 0.882. The summed E-state index contributed by atoms with van der Waals surface area (Å²) in [6, 6.07) is 0. The maximum atomic E-state index is 12.3. The lowest BCUT2D eigenvalue weighted by Gasteiger charge is -2.29.